The van der Waals surface area contributed by atoms with Gasteiger partial charge >= 0.3 is 5.97 Å². The van der Waals surface area contributed by atoms with Crippen molar-refractivity contribution in [3.63, 3.8) is 0 Å². The van der Waals surface area contributed by atoms with Crippen LogP contribution in [0.1, 0.15) is 48.2 Å². The van der Waals surface area contributed by atoms with Gasteiger partial charge in [0.05, 0.1) is 6.61 Å². The van der Waals surface area contributed by atoms with Gasteiger partial charge in [-0.1, -0.05) is 44.2 Å². The van der Waals surface area contributed by atoms with Gasteiger partial charge in [0.25, 0.3) is 5.91 Å². The van der Waals surface area contributed by atoms with Crippen LogP contribution in [0.15, 0.2) is 42.5 Å². The zero-order valence-corrected chi connectivity index (χ0v) is 15.7. The highest BCUT2D eigenvalue weighted by Crippen LogP contribution is 2.27. The summed E-state index contributed by atoms with van der Waals surface area (Å²) in [6, 6.07) is 12.7. The number of nitrogens with one attached hydrogen (secondary N) is 1. The first kappa shape index (κ1) is 19.5. The average Bonchev–Trinajstić information content (AvgIpc) is 2.62. The van der Waals surface area contributed by atoms with Crippen molar-refractivity contribution in [1.82, 2.24) is 0 Å². The second kappa shape index (κ2) is 9.04. The minimum absolute atomic E-state index is 0.192. The Morgan fingerprint density at radius 1 is 1.08 bits per heavy atom. The summed E-state index contributed by atoms with van der Waals surface area (Å²) in [4.78, 5) is 24.3. The van der Waals surface area contributed by atoms with Crippen LogP contribution in [0.3, 0.4) is 0 Å². The normalized spacial score (nSPS) is 10.5. The molecule has 1 amide bonds. The maximum Gasteiger partial charge on any atom is 0.341 e. The Bertz CT molecular complexity index is 783. The third kappa shape index (κ3) is 4.85. The van der Waals surface area contributed by atoms with Crippen molar-refractivity contribution in [2.45, 2.75) is 33.6 Å². The van der Waals surface area contributed by atoms with E-state index in [2.05, 4.69) is 19.2 Å². The summed E-state index contributed by atoms with van der Waals surface area (Å²) in [6.45, 7) is 7.94. The Morgan fingerprint density at radius 2 is 1.81 bits per heavy atom. The lowest BCUT2D eigenvalue weighted by atomic mass is 9.98. The van der Waals surface area contributed by atoms with E-state index in [-0.39, 0.29) is 25.0 Å². The number of aryl methyl sites for hydroxylation is 1. The van der Waals surface area contributed by atoms with Crippen molar-refractivity contribution >= 4 is 17.6 Å². The van der Waals surface area contributed by atoms with Gasteiger partial charge in [0.1, 0.15) is 11.3 Å². The van der Waals surface area contributed by atoms with E-state index >= 15 is 0 Å². The molecule has 5 nitrogen and oxygen atoms in total. The van der Waals surface area contributed by atoms with Crippen LogP contribution < -0.4 is 10.1 Å². The zero-order chi connectivity index (χ0) is 19.1. The molecular formula is C21H25NO4. The van der Waals surface area contributed by atoms with Gasteiger partial charge in [-0.25, -0.2) is 4.79 Å². The number of rotatable bonds is 7. The molecule has 0 bridgehead atoms. The number of hydrogen-bond donors (Lipinski definition) is 1. The molecule has 0 unspecified atom stereocenters. The number of benzene rings is 2. The summed E-state index contributed by atoms with van der Waals surface area (Å²) in [6.07, 6.45) is 0. The number of anilines is 1. The lowest BCUT2D eigenvalue weighted by Crippen LogP contribution is -2.22. The molecule has 0 radical (unpaired) electrons. The number of esters is 1. The van der Waals surface area contributed by atoms with Crippen molar-refractivity contribution in [1.29, 1.82) is 0 Å². The molecule has 2 rings (SSSR count). The Morgan fingerprint density at radius 3 is 2.50 bits per heavy atom. The molecule has 5 heteroatoms. The van der Waals surface area contributed by atoms with Gasteiger partial charge in [-0.15, -0.1) is 0 Å². The molecule has 26 heavy (non-hydrogen) atoms. The summed E-state index contributed by atoms with van der Waals surface area (Å²) < 4.78 is 10.6. The molecular weight excluding hydrogens is 330 g/mol. The van der Waals surface area contributed by atoms with Crippen molar-refractivity contribution in [2.75, 3.05) is 18.5 Å². The van der Waals surface area contributed by atoms with Crippen LogP contribution in [0, 0.1) is 6.92 Å². The highest BCUT2D eigenvalue weighted by molar-refractivity contribution is 5.95. The predicted octanol–water partition coefficient (Wildman–Crippen LogP) is 4.31. The van der Waals surface area contributed by atoms with Gasteiger partial charge < -0.3 is 14.8 Å². The van der Waals surface area contributed by atoms with Crippen LogP contribution in [0.2, 0.25) is 0 Å². The van der Waals surface area contributed by atoms with Crippen LogP contribution in [0.5, 0.6) is 5.75 Å². The molecule has 0 aliphatic carbocycles. The maximum absolute atomic E-state index is 12.4. The first-order valence-electron chi connectivity index (χ1n) is 8.72. The number of para-hydroxylation sites is 2. The van der Waals surface area contributed by atoms with E-state index in [1.54, 1.807) is 31.2 Å². The van der Waals surface area contributed by atoms with Gasteiger partial charge in [0, 0.05) is 5.69 Å². The maximum atomic E-state index is 12.4. The molecule has 1 N–H and O–H groups in total. The summed E-state index contributed by atoms with van der Waals surface area (Å²) >= 11 is 0. The van der Waals surface area contributed by atoms with Crippen LogP contribution in [-0.4, -0.2) is 25.1 Å². The second-order valence-electron chi connectivity index (χ2n) is 6.25. The van der Waals surface area contributed by atoms with E-state index in [1.165, 1.54) is 0 Å². The van der Waals surface area contributed by atoms with E-state index in [1.807, 2.05) is 25.1 Å². The molecule has 0 saturated heterocycles. The number of carbonyl (C=O) groups is 2. The monoisotopic (exact) mass is 355 g/mol. The third-order valence-electron chi connectivity index (χ3n) is 3.93. The minimum Gasteiger partial charge on any atom is -0.483 e. The third-order valence-corrected chi connectivity index (χ3v) is 3.93. The number of carbonyl (C=O) groups excluding carboxylic acids is 2. The summed E-state index contributed by atoms with van der Waals surface area (Å²) in [7, 11) is 0. The van der Waals surface area contributed by atoms with Crippen LogP contribution in [0.4, 0.5) is 5.69 Å². The molecule has 0 aliphatic rings. The highest BCUT2D eigenvalue weighted by atomic mass is 16.5. The Kier molecular flexibility index (Phi) is 6.78. The first-order valence-corrected chi connectivity index (χ1v) is 8.72. The smallest absolute Gasteiger partial charge is 0.341 e. The summed E-state index contributed by atoms with van der Waals surface area (Å²) in [5, 5.41) is 2.92. The molecule has 0 aromatic heterocycles. The number of amides is 1. The molecule has 0 fully saturated rings. The van der Waals surface area contributed by atoms with Gasteiger partial charge in [-0.3, -0.25) is 4.79 Å². The van der Waals surface area contributed by atoms with Gasteiger partial charge in [0.2, 0.25) is 0 Å². The lowest BCUT2D eigenvalue weighted by molar-refractivity contribution is -0.118. The standard InChI is InChI=1S/C21H25NO4/c1-5-25-21(24)17-10-6-7-12-18(17)26-13-19(23)22-20-15(4)9-8-11-16(20)14(2)3/h6-12,14H,5,13H2,1-4H3,(H,22,23). The molecule has 0 aliphatic heterocycles. The fourth-order valence-electron chi connectivity index (χ4n) is 2.63. The topological polar surface area (TPSA) is 64.6 Å². The highest BCUT2D eigenvalue weighted by Gasteiger charge is 2.16. The predicted molar refractivity (Wildman–Crippen MR) is 102 cm³/mol. The SMILES string of the molecule is CCOC(=O)c1ccccc1OCC(=O)Nc1c(C)cccc1C(C)C. The number of ether oxygens (including phenoxy) is 2. The van der Waals surface area contributed by atoms with Crippen molar-refractivity contribution in [2.24, 2.45) is 0 Å². The largest absolute Gasteiger partial charge is 0.483 e. The van der Waals surface area contributed by atoms with E-state index in [4.69, 9.17) is 9.47 Å². The minimum atomic E-state index is -0.468. The van der Waals surface area contributed by atoms with Crippen LogP contribution in [-0.2, 0) is 9.53 Å². The summed E-state index contributed by atoms with van der Waals surface area (Å²) in [5.41, 5.74) is 3.19. The van der Waals surface area contributed by atoms with E-state index < -0.39 is 5.97 Å². The quantitative estimate of drug-likeness (QED) is 0.752. The van der Waals surface area contributed by atoms with E-state index in [9.17, 15) is 9.59 Å². The average molecular weight is 355 g/mol. The Labute approximate surface area is 154 Å². The fraction of sp³-hybridized carbons (Fsp3) is 0.333. The first-order chi connectivity index (χ1) is 12.4. The molecule has 0 spiro atoms. The second-order valence-corrected chi connectivity index (χ2v) is 6.25. The van der Waals surface area contributed by atoms with Gasteiger partial charge in [0.15, 0.2) is 6.61 Å². The van der Waals surface area contributed by atoms with Crippen LogP contribution in [0.25, 0.3) is 0 Å². The van der Waals surface area contributed by atoms with E-state index in [0.29, 0.717) is 11.3 Å². The molecule has 0 saturated carbocycles. The molecule has 2 aromatic carbocycles. The Hall–Kier alpha value is -2.82. The van der Waals surface area contributed by atoms with Crippen molar-refractivity contribution < 1.29 is 19.1 Å². The van der Waals surface area contributed by atoms with Gasteiger partial charge in [-0.2, -0.15) is 0 Å². The fourth-order valence-corrected chi connectivity index (χ4v) is 2.63. The van der Waals surface area contributed by atoms with Crippen molar-refractivity contribution in [3.8, 4) is 5.75 Å². The summed E-state index contributed by atoms with van der Waals surface area (Å²) in [5.74, 6) is -0.130. The van der Waals surface area contributed by atoms with E-state index in [0.717, 1.165) is 16.8 Å². The molecule has 0 atom stereocenters. The number of hydrogen-bond acceptors (Lipinski definition) is 4. The molecule has 0 heterocycles. The zero-order valence-electron chi connectivity index (χ0n) is 15.7. The molecule has 2 aromatic rings. The Balaban J connectivity index is 2.08. The van der Waals surface area contributed by atoms with Crippen molar-refractivity contribution in [3.05, 3.63) is 59.2 Å². The van der Waals surface area contributed by atoms with Crippen LogP contribution >= 0.6 is 0 Å². The van der Waals surface area contributed by atoms with Gasteiger partial charge in [-0.05, 0) is 43.0 Å². The molecule has 138 valence electrons. The lowest BCUT2D eigenvalue weighted by Gasteiger charge is -2.17.